The molecule has 8 nitrogen and oxygen atoms in total. The predicted octanol–water partition coefficient (Wildman–Crippen LogP) is 5.05. The van der Waals surface area contributed by atoms with Crippen molar-refractivity contribution >= 4 is 35.0 Å². The standard InChI is InChI=1S/C25H29F3N6O2/c1-3-22(36)31-21-12-17(16-6-4-5-7-16)8-9-20(21)32-23-19(25(26,27)28)13-29-24(33-23)30-18-10-11-34(14-18)15(2)35/h3,8-9,12-13,16,18H,1,4-7,10-11,14H2,2H3,(H,31,36)(H2,29,30,32,33)/t18-/m1/s1. The molecule has 2 aliphatic rings. The summed E-state index contributed by atoms with van der Waals surface area (Å²) in [6, 6.07) is 5.14. The van der Waals surface area contributed by atoms with Crippen molar-refractivity contribution in [2.45, 2.75) is 57.2 Å². The van der Waals surface area contributed by atoms with E-state index in [1.807, 2.05) is 6.07 Å². The smallest absolute Gasteiger partial charge is 0.350 e. The zero-order chi connectivity index (χ0) is 25.9. The van der Waals surface area contributed by atoms with E-state index in [2.05, 4.69) is 32.5 Å². The number of hydrogen-bond donors (Lipinski definition) is 3. The number of halogens is 3. The summed E-state index contributed by atoms with van der Waals surface area (Å²) in [5.41, 5.74) is 0.601. The number of carbonyl (C=O) groups is 2. The van der Waals surface area contributed by atoms with Gasteiger partial charge in [-0.2, -0.15) is 18.2 Å². The molecule has 1 aromatic heterocycles. The van der Waals surface area contributed by atoms with Crippen molar-refractivity contribution in [2.24, 2.45) is 0 Å². The number of rotatable bonds is 7. The molecule has 2 heterocycles. The van der Waals surface area contributed by atoms with Crippen molar-refractivity contribution < 1.29 is 22.8 Å². The maximum absolute atomic E-state index is 13.8. The van der Waals surface area contributed by atoms with Crippen LogP contribution in [-0.4, -0.2) is 45.8 Å². The Balaban J connectivity index is 1.64. The molecular formula is C25H29F3N6O2. The lowest BCUT2D eigenvalue weighted by Gasteiger charge is -2.20. The lowest BCUT2D eigenvalue weighted by molar-refractivity contribution is -0.137. The molecule has 2 amide bonds. The lowest BCUT2D eigenvalue weighted by atomic mass is 9.96. The molecule has 1 aromatic carbocycles. The second kappa shape index (κ2) is 10.5. The summed E-state index contributed by atoms with van der Waals surface area (Å²) < 4.78 is 41.4. The molecular weight excluding hydrogens is 473 g/mol. The van der Waals surface area contributed by atoms with Crippen LogP contribution in [0.4, 0.5) is 36.3 Å². The van der Waals surface area contributed by atoms with Crippen LogP contribution >= 0.6 is 0 Å². The van der Waals surface area contributed by atoms with Crippen LogP contribution in [0.2, 0.25) is 0 Å². The number of aromatic nitrogens is 2. The van der Waals surface area contributed by atoms with Gasteiger partial charge in [0.15, 0.2) is 0 Å². The number of benzene rings is 1. The SMILES string of the molecule is C=CC(=O)Nc1cc(C2CCCC2)ccc1Nc1nc(N[C@@H]2CCN(C(C)=O)C2)ncc1C(F)(F)F. The van der Waals surface area contributed by atoms with Crippen molar-refractivity contribution in [2.75, 3.05) is 29.0 Å². The number of likely N-dealkylation sites (tertiary alicyclic amines) is 1. The van der Waals surface area contributed by atoms with Gasteiger partial charge in [0.1, 0.15) is 11.4 Å². The average molecular weight is 503 g/mol. The molecule has 1 saturated carbocycles. The number of carbonyl (C=O) groups excluding carboxylic acids is 2. The van der Waals surface area contributed by atoms with E-state index in [0.29, 0.717) is 31.1 Å². The molecule has 1 aliphatic heterocycles. The summed E-state index contributed by atoms with van der Waals surface area (Å²) in [5.74, 6) is -0.617. The second-order valence-corrected chi connectivity index (χ2v) is 9.15. The first-order valence-corrected chi connectivity index (χ1v) is 11.9. The molecule has 0 unspecified atom stereocenters. The van der Waals surface area contributed by atoms with Crippen LogP contribution in [0.5, 0.6) is 0 Å². The molecule has 1 saturated heterocycles. The van der Waals surface area contributed by atoms with Crippen molar-refractivity contribution in [1.82, 2.24) is 14.9 Å². The minimum Gasteiger partial charge on any atom is -0.350 e. The van der Waals surface area contributed by atoms with Crippen LogP contribution < -0.4 is 16.0 Å². The van der Waals surface area contributed by atoms with Gasteiger partial charge in [0.05, 0.1) is 11.4 Å². The van der Waals surface area contributed by atoms with Gasteiger partial charge in [-0.05, 0) is 49.0 Å². The highest BCUT2D eigenvalue weighted by molar-refractivity contribution is 6.01. The fraction of sp³-hybridized carbons (Fsp3) is 0.440. The summed E-state index contributed by atoms with van der Waals surface area (Å²) in [6.07, 6.45) is 2.06. The number of hydrogen-bond acceptors (Lipinski definition) is 6. The van der Waals surface area contributed by atoms with Crippen LogP contribution in [-0.2, 0) is 15.8 Å². The molecule has 11 heteroatoms. The van der Waals surface area contributed by atoms with Crippen LogP contribution in [0.1, 0.15) is 56.1 Å². The Labute approximate surface area is 207 Å². The minimum absolute atomic E-state index is 0.0140. The van der Waals surface area contributed by atoms with E-state index in [-0.39, 0.29) is 23.6 Å². The van der Waals surface area contributed by atoms with E-state index in [0.717, 1.165) is 43.5 Å². The summed E-state index contributed by atoms with van der Waals surface area (Å²) in [6.45, 7) is 5.90. The zero-order valence-electron chi connectivity index (χ0n) is 20.0. The molecule has 1 atom stereocenters. The summed E-state index contributed by atoms with van der Waals surface area (Å²) in [4.78, 5) is 33.3. The van der Waals surface area contributed by atoms with E-state index in [1.54, 1.807) is 17.0 Å². The number of amides is 2. The van der Waals surface area contributed by atoms with Crippen LogP contribution in [0.25, 0.3) is 0 Å². The normalized spacial score (nSPS) is 18.2. The maximum atomic E-state index is 13.8. The first-order valence-electron chi connectivity index (χ1n) is 11.9. The quantitative estimate of drug-likeness (QED) is 0.458. The third kappa shape index (κ3) is 5.95. The summed E-state index contributed by atoms with van der Waals surface area (Å²) in [5, 5.41) is 8.48. The highest BCUT2D eigenvalue weighted by Gasteiger charge is 2.36. The van der Waals surface area contributed by atoms with Gasteiger partial charge in [0, 0.05) is 32.3 Å². The first kappa shape index (κ1) is 25.5. The number of anilines is 4. The molecule has 2 aromatic rings. The Morgan fingerprint density at radius 2 is 1.92 bits per heavy atom. The average Bonchev–Trinajstić information content (AvgIpc) is 3.52. The van der Waals surface area contributed by atoms with E-state index in [1.165, 1.54) is 6.92 Å². The van der Waals surface area contributed by atoms with Gasteiger partial charge in [-0.15, -0.1) is 0 Å². The van der Waals surface area contributed by atoms with Crippen LogP contribution in [0, 0.1) is 0 Å². The number of nitrogens with one attached hydrogen (secondary N) is 3. The molecule has 3 N–H and O–H groups in total. The summed E-state index contributed by atoms with van der Waals surface area (Å²) in [7, 11) is 0. The van der Waals surface area contributed by atoms with E-state index >= 15 is 0 Å². The molecule has 0 bridgehead atoms. The van der Waals surface area contributed by atoms with Crippen LogP contribution in [0.15, 0.2) is 37.1 Å². The highest BCUT2D eigenvalue weighted by atomic mass is 19.4. The third-order valence-corrected chi connectivity index (χ3v) is 6.63. The minimum atomic E-state index is -4.70. The van der Waals surface area contributed by atoms with Crippen molar-refractivity contribution in [3.05, 3.63) is 48.2 Å². The zero-order valence-corrected chi connectivity index (χ0v) is 20.0. The van der Waals surface area contributed by atoms with Crippen molar-refractivity contribution in [1.29, 1.82) is 0 Å². The lowest BCUT2D eigenvalue weighted by Crippen LogP contribution is -2.30. The summed E-state index contributed by atoms with van der Waals surface area (Å²) >= 11 is 0. The van der Waals surface area contributed by atoms with Gasteiger partial charge in [0.2, 0.25) is 17.8 Å². The van der Waals surface area contributed by atoms with Gasteiger partial charge >= 0.3 is 6.18 Å². The highest BCUT2D eigenvalue weighted by Crippen LogP contribution is 2.39. The number of alkyl halides is 3. The molecule has 192 valence electrons. The Bertz CT molecular complexity index is 1150. The van der Waals surface area contributed by atoms with Gasteiger partial charge in [-0.25, -0.2) is 4.98 Å². The number of nitrogens with zero attached hydrogens (tertiary/aromatic N) is 3. The van der Waals surface area contributed by atoms with Gasteiger partial charge in [0.25, 0.3) is 0 Å². The molecule has 2 fully saturated rings. The predicted molar refractivity (Wildman–Crippen MR) is 131 cm³/mol. The van der Waals surface area contributed by atoms with Gasteiger partial charge < -0.3 is 20.9 Å². The van der Waals surface area contributed by atoms with E-state index < -0.39 is 23.5 Å². The maximum Gasteiger partial charge on any atom is 0.421 e. The van der Waals surface area contributed by atoms with Gasteiger partial charge in [-0.1, -0.05) is 25.5 Å². The fourth-order valence-corrected chi connectivity index (χ4v) is 4.70. The van der Waals surface area contributed by atoms with E-state index in [9.17, 15) is 22.8 Å². The Morgan fingerprint density at radius 3 is 2.56 bits per heavy atom. The molecule has 4 rings (SSSR count). The molecule has 36 heavy (non-hydrogen) atoms. The second-order valence-electron chi connectivity index (χ2n) is 9.15. The van der Waals surface area contributed by atoms with Crippen LogP contribution in [0.3, 0.4) is 0 Å². The molecule has 0 radical (unpaired) electrons. The topological polar surface area (TPSA) is 99.2 Å². The third-order valence-electron chi connectivity index (χ3n) is 6.63. The van der Waals surface area contributed by atoms with Crippen molar-refractivity contribution in [3.8, 4) is 0 Å². The molecule has 1 aliphatic carbocycles. The Morgan fingerprint density at radius 1 is 1.17 bits per heavy atom. The molecule has 0 spiro atoms. The largest absolute Gasteiger partial charge is 0.421 e. The Kier molecular flexibility index (Phi) is 7.46. The van der Waals surface area contributed by atoms with Crippen molar-refractivity contribution in [3.63, 3.8) is 0 Å². The fourth-order valence-electron chi connectivity index (χ4n) is 4.70. The monoisotopic (exact) mass is 502 g/mol. The first-order chi connectivity index (χ1) is 17.1. The van der Waals surface area contributed by atoms with Gasteiger partial charge in [-0.3, -0.25) is 9.59 Å². The Hall–Kier alpha value is -3.63. The van der Waals surface area contributed by atoms with E-state index in [4.69, 9.17) is 0 Å².